The molecule has 1 fully saturated rings. The monoisotopic (exact) mass is 511 g/mol. The average molecular weight is 512 g/mol. The van der Waals surface area contributed by atoms with Crippen molar-refractivity contribution in [2.75, 3.05) is 38.7 Å². The number of carbonyl (C=O) groups is 1. The van der Waals surface area contributed by atoms with Gasteiger partial charge in [-0.05, 0) is 42.0 Å². The van der Waals surface area contributed by atoms with Gasteiger partial charge in [0.15, 0.2) is 5.01 Å². The molecule has 0 radical (unpaired) electrons. The third kappa shape index (κ3) is 5.69. The number of hydrogen-bond acceptors (Lipinski definition) is 6. The van der Waals surface area contributed by atoms with Gasteiger partial charge in [0.1, 0.15) is 5.75 Å². The first-order chi connectivity index (χ1) is 16.2. The number of nitrogens with one attached hydrogen (secondary N) is 1. The Balaban J connectivity index is 1.53. The minimum atomic E-state index is -4.51. The topological polar surface area (TPSA) is 63.7 Å². The fraction of sp³-hybridized carbons (Fsp3) is 0.304. The van der Waals surface area contributed by atoms with Crippen LogP contribution in [0.1, 0.15) is 20.9 Å². The quantitative estimate of drug-likeness (QED) is 0.468. The van der Waals surface area contributed by atoms with Crippen molar-refractivity contribution >= 4 is 34.5 Å². The van der Waals surface area contributed by atoms with Crippen molar-refractivity contribution in [1.29, 1.82) is 0 Å². The van der Waals surface area contributed by atoms with Crippen molar-refractivity contribution in [3.8, 4) is 17.0 Å². The molecule has 4 rings (SSSR count). The van der Waals surface area contributed by atoms with Gasteiger partial charge in [0.05, 0.1) is 31.0 Å². The Morgan fingerprint density at radius 1 is 1.24 bits per heavy atom. The lowest BCUT2D eigenvalue weighted by molar-refractivity contribution is -0.137. The van der Waals surface area contributed by atoms with Crippen molar-refractivity contribution in [2.45, 2.75) is 12.7 Å². The molecular formula is C23H21ClF3N3O3S. The molecule has 0 saturated carbocycles. The third-order valence-electron chi connectivity index (χ3n) is 5.30. The highest BCUT2D eigenvalue weighted by atomic mass is 35.5. The summed E-state index contributed by atoms with van der Waals surface area (Å²) in [6.45, 7) is 3.37. The summed E-state index contributed by atoms with van der Waals surface area (Å²) in [4.78, 5) is 18.9. The van der Waals surface area contributed by atoms with Gasteiger partial charge in [-0.25, -0.2) is 4.98 Å². The second kappa shape index (κ2) is 10.3. The zero-order valence-electron chi connectivity index (χ0n) is 18.1. The molecule has 1 aliphatic heterocycles. The molecule has 1 amide bonds. The van der Waals surface area contributed by atoms with Gasteiger partial charge >= 0.3 is 6.18 Å². The minimum absolute atomic E-state index is 0.128. The van der Waals surface area contributed by atoms with Crippen molar-refractivity contribution in [2.24, 2.45) is 0 Å². The summed E-state index contributed by atoms with van der Waals surface area (Å²) < 4.78 is 49.3. The van der Waals surface area contributed by atoms with Crippen molar-refractivity contribution in [1.82, 2.24) is 9.88 Å². The van der Waals surface area contributed by atoms with Crippen LogP contribution in [0, 0.1) is 0 Å². The summed E-state index contributed by atoms with van der Waals surface area (Å²) in [5.41, 5.74) is 2.19. The van der Waals surface area contributed by atoms with Gasteiger partial charge in [-0.2, -0.15) is 13.2 Å². The van der Waals surface area contributed by atoms with E-state index in [0.29, 0.717) is 53.7 Å². The molecule has 1 aliphatic rings. The molecule has 1 saturated heterocycles. The van der Waals surface area contributed by atoms with Crippen molar-refractivity contribution < 1.29 is 27.4 Å². The summed E-state index contributed by atoms with van der Waals surface area (Å²) in [5.74, 6) is 0.316. The number of benzene rings is 2. The number of anilines is 1. The number of hydrogen-bond donors (Lipinski definition) is 1. The van der Waals surface area contributed by atoms with E-state index in [1.807, 2.05) is 6.07 Å². The van der Waals surface area contributed by atoms with Gasteiger partial charge in [-0.1, -0.05) is 11.6 Å². The number of carbonyl (C=O) groups excluding carboxylic acids is 1. The SMILES string of the molecule is COc1ccc(C(=O)Nc2ccc(-c3csc(C(F)(F)F)n3)c(Cl)c2)c(CN2CCOCC2)c1. The molecule has 0 spiro atoms. The zero-order valence-corrected chi connectivity index (χ0v) is 19.7. The molecule has 1 aromatic heterocycles. The number of morpholine rings is 1. The number of halogens is 4. The Kier molecular flexibility index (Phi) is 7.42. The first kappa shape index (κ1) is 24.5. The molecule has 3 aromatic rings. The van der Waals surface area contributed by atoms with Crippen LogP contribution in [0.25, 0.3) is 11.3 Å². The Morgan fingerprint density at radius 3 is 2.65 bits per heavy atom. The maximum atomic E-state index is 13.1. The average Bonchev–Trinajstić information content (AvgIpc) is 3.30. The molecule has 0 bridgehead atoms. The number of ether oxygens (including phenoxy) is 2. The van der Waals surface area contributed by atoms with Crippen molar-refractivity contribution in [3.05, 3.63) is 62.9 Å². The number of amides is 1. The first-order valence-electron chi connectivity index (χ1n) is 10.4. The maximum Gasteiger partial charge on any atom is 0.443 e. The minimum Gasteiger partial charge on any atom is -0.497 e. The van der Waals surface area contributed by atoms with Gasteiger partial charge in [0.2, 0.25) is 0 Å². The lowest BCUT2D eigenvalue weighted by atomic mass is 10.0. The van der Waals surface area contributed by atoms with Crippen LogP contribution >= 0.6 is 22.9 Å². The number of rotatable bonds is 6. The number of alkyl halides is 3. The number of nitrogens with zero attached hydrogens (tertiary/aromatic N) is 2. The molecule has 2 aromatic carbocycles. The highest BCUT2D eigenvalue weighted by Crippen LogP contribution is 2.37. The summed E-state index contributed by atoms with van der Waals surface area (Å²) in [6.07, 6.45) is -4.51. The summed E-state index contributed by atoms with van der Waals surface area (Å²) in [7, 11) is 1.57. The van der Waals surface area contributed by atoms with Crippen LogP contribution in [-0.4, -0.2) is 49.2 Å². The molecule has 2 heterocycles. The van der Waals surface area contributed by atoms with Crippen LogP contribution in [0.3, 0.4) is 0 Å². The predicted molar refractivity (Wildman–Crippen MR) is 125 cm³/mol. The second-order valence-electron chi connectivity index (χ2n) is 7.60. The normalized spacial score (nSPS) is 14.7. The molecule has 1 N–H and O–H groups in total. The van der Waals surface area contributed by atoms with E-state index < -0.39 is 11.2 Å². The Hall–Kier alpha value is -2.66. The largest absolute Gasteiger partial charge is 0.497 e. The van der Waals surface area contributed by atoms with Crippen LogP contribution in [0.2, 0.25) is 5.02 Å². The van der Waals surface area contributed by atoms with Gasteiger partial charge in [0.25, 0.3) is 5.91 Å². The van der Waals surface area contributed by atoms with Crippen LogP contribution in [0.5, 0.6) is 5.75 Å². The van der Waals surface area contributed by atoms with Crippen LogP contribution in [0.4, 0.5) is 18.9 Å². The van der Waals surface area contributed by atoms with E-state index in [4.69, 9.17) is 21.1 Å². The lowest BCUT2D eigenvalue weighted by Gasteiger charge is -2.27. The van der Waals surface area contributed by atoms with E-state index in [1.165, 1.54) is 17.5 Å². The van der Waals surface area contributed by atoms with Gasteiger partial charge < -0.3 is 14.8 Å². The van der Waals surface area contributed by atoms with Crippen LogP contribution in [0.15, 0.2) is 41.8 Å². The van der Waals surface area contributed by atoms with Crippen LogP contribution in [-0.2, 0) is 17.5 Å². The predicted octanol–water partition coefficient (Wildman–Crippen LogP) is 5.58. The smallest absolute Gasteiger partial charge is 0.443 e. The van der Waals surface area contributed by atoms with E-state index in [0.717, 1.165) is 18.7 Å². The fourth-order valence-electron chi connectivity index (χ4n) is 3.58. The second-order valence-corrected chi connectivity index (χ2v) is 8.86. The van der Waals surface area contributed by atoms with E-state index in [1.54, 1.807) is 25.3 Å². The lowest BCUT2D eigenvalue weighted by Crippen LogP contribution is -2.36. The Labute approximate surface area is 203 Å². The zero-order chi connectivity index (χ0) is 24.3. The first-order valence-corrected chi connectivity index (χ1v) is 11.6. The molecule has 180 valence electrons. The summed E-state index contributed by atoms with van der Waals surface area (Å²) in [5, 5.41) is 3.36. The third-order valence-corrected chi connectivity index (χ3v) is 6.50. The number of methoxy groups -OCH3 is 1. The highest BCUT2D eigenvalue weighted by Gasteiger charge is 2.34. The molecule has 6 nitrogen and oxygen atoms in total. The van der Waals surface area contributed by atoms with Gasteiger partial charge in [-0.3, -0.25) is 9.69 Å². The molecule has 34 heavy (non-hydrogen) atoms. The van der Waals surface area contributed by atoms with Gasteiger partial charge in [0, 0.05) is 41.8 Å². The maximum absolute atomic E-state index is 13.1. The molecule has 11 heteroatoms. The van der Waals surface area contributed by atoms with E-state index in [2.05, 4.69) is 15.2 Å². The van der Waals surface area contributed by atoms with E-state index >= 15 is 0 Å². The van der Waals surface area contributed by atoms with Gasteiger partial charge in [-0.15, -0.1) is 11.3 Å². The fourth-order valence-corrected chi connectivity index (χ4v) is 4.54. The van der Waals surface area contributed by atoms with Crippen molar-refractivity contribution in [3.63, 3.8) is 0 Å². The molecular weight excluding hydrogens is 491 g/mol. The summed E-state index contributed by atoms with van der Waals surface area (Å²) >= 11 is 6.82. The van der Waals surface area contributed by atoms with E-state index in [9.17, 15) is 18.0 Å². The Morgan fingerprint density at radius 2 is 2.00 bits per heavy atom. The van der Waals surface area contributed by atoms with E-state index in [-0.39, 0.29) is 16.6 Å². The summed E-state index contributed by atoms with van der Waals surface area (Å²) in [6, 6.07) is 9.86. The number of aromatic nitrogens is 1. The molecule has 0 unspecified atom stereocenters. The van der Waals surface area contributed by atoms with Crippen LogP contribution < -0.4 is 10.1 Å². The number of thiazole rings is 1. The molecule has 0 atom stereocenters. The Bertz CT molecular complexity index is 1180. The highest BCUT2D eigenvalue weighted by molar-refractivity contribution is 7.10. The standard InChI is InChI=1S/C23H21ClF3N3O3S/c1-32-16-3-5-17(14(10-16)12-30-6-8-33-9-7-30)21(31)28-15-2-4-18(19(24)11-15)20-13-34-22(29-20)23(25,26)27/h2-5,10-11,13H,6-9,12H2,1H3,(H,28,31). The molecule has 0 aliphatic carbocycles.